The first-order valence-corrected chi connectivity index (χ1v) is 11.2. The van der Waals surface area contributed by atoms with E-state index in [0.29, 0.717) is 16.5 Å². The number of carbonyl (C=O) groups is 2. The molecule has 0 saturated carbocycles. The van der Waals surface area contributed by atoms with Crippen LogP contribution >= 0.6 is 23.1 Å². The lowest BCUT2D eigenvalue weighted by molar-refractivity contribution is -0.128. The Morgan fingerprint density at radius 2 is 1.89 bits per heavy atom. The smallest absolute Gasteiger partial charge is 0.286 e. The topological polar surface area (TPSA) is 75.2 Å². The van der Waals surface area contributed by atoms with E-state index in [4.69, 9.17) is 0 Å². The van der Waals surface area contributed by atoms with Gasteiger partial charge in [0.25, 0.3) is 5.91 Å². The highest BCUT2D eigenvalue weighted by molar-refractivity contribution is 7.99. The van der Waals surface area contributed by atoms with E-state index in [1.807, 2.05) is 36.1 Å². The summed E-state index contributed by atoms with van der Waals surface area (Å²) in [5, 5.41) is 12.0. The molecule has 0 atom stereocenters. The molecule has 0 aliphatic carbocycles. The van der Waals surface area contributed by atoms with E-state index in [1.54, 1.807) is 0 Å². The van der Waals surface area contributed by atoms with Crippen molar-refractivity contribution in [2.45, 2.75) is 38.4 Å². The maximum Gasteiger partial charge on any atom is 0.286 e. The molecule has 0 unspecified atom stereocenters. The number of carbonyl (C=O) groups excluding carboxylic acids is 2. The molecule has 1 aromatic heterocycles. The van der Waals surface area contributed by atoms with Crippen molar-refractivity contribution in [2.75, 3.05) is 24.2 Å². The number of hydrogen-bond donors (Lipinski definition) is 1. The molecular formula is C19H24N4O2S2. The Balaban J connectivity index is 1.47. The highest BCUT2D eigenvalue weighted by Crippen LogP contribution is 2.20. The Morgan fingerprint density at radius 1 is 1.15 bits per heavy atom. The van der Waals surface area contributed by atoms with E-state index >= 15 is 0 Å². The van der Waals surface area contributed by atoms with Crippen LogP contribution in [0.25, 0.3) is 0 Å². The Bertz CT molecular complexity index is 786. The fraction of sp³-hybridized carbons (Fsp3) is 0.474. The molecule has 2 heterocycles. The summed E-state index contributed by atoms with van der Waals surface area (Å²) in [6.45, 7) is 3.70. The van der Waals surface area contributed by atoms with E-state index in [2.05, 4.69) is 15.5 Å². The van der Waals surface area contributed by atoms with Crippen LogP contribution in [0.5, 0.6) is 0 Å². The summed E-state index contributed by atoms with van der Waals surface area (Å²) in [4.78, 5) is 26.6. The van der Waals surface area contributed by atoms with Crippen LogP contribution in [-0.2, 0) is 10.5 Å². The molecule has 1 saturated heterocycles. The molecule has 27 heavy (non-hydrogen) atoms. The number of anilines is 1. The van der Waals surface area contributed by atoms with Crippen LogP contribution in [0.2, 0.25) is 0 Å². The molecule has 0 spiro atoms. The van der Waals surface area contributed by atoms with Crippen LogP contribution in [0.15, 0.2) is 24.3 Å². The van der Waals surface area contributed by atoms with Crippen molar-refractivity contribution in [1.82, 2.24) is 15.1 Å². The SMILES string of the molecule is Cc1ccccc1NC(=O)c1nnc(CSCC(=O)N2CCCCCC2)s1. The van der Waals surface area contributed by atoms with Crippen molar-refractivity contribution in [3.05, 3.63) is 39.8 Å². The summed E-state index contributed by atoms with van der Waals surface area (Å²) in [6.07, 6.45) is 4.64. The van der Waals surface area contributed by atoms with Crippen LogP contribution in [0.1, 0.15) is 46.1 Å². The Hall–Kier alpha value is -1.93. The molecule has 1 fully saturated rings. The van der Waals surface area contributed by atoms with Gasteiger partial charge < -0.3 is 10.2 Å². The van der Waals surface area contributed by atoms with Gasteiger partial charge in [0.15, 0.2) is 0 Å². The van der Waals surface area contributed by atoms with Gasteiger partial charge in [-0.25, -0.2) is 0 Å². The molecule has 2 aromatic rings. The van der Waals surface area contributed by atoms with Crippen molar-refractivity contribution in [3.8, 4) is 0 Å². The molecular weight excluding hydrogens is 380 g/mol. The number of nitrogens with zero attached hydrogens (tertiary/aromatic N) is 3. The largest absolute Gasteiger partial charge is 0.342 e. The molecule has 8 heteroatoms. The van der Waals surface area contributed by atoms with Gasteiger partial charge in [0.05, 0.1) is 5.75 Å². The molecule has 2 amide bonds. The van der Waals surface area contributed by atoms with Gasteiger partial charge in [0.2, 0.25) is 10.9 Å². The Kier molecular flexibility index (Phi) is 7.23. The second-order valence-electron chi connectivity index (χ2n) is 6.56. The van der Waals surface area contributed by atoms with Crippen molar-refractivity contribution in [1.29, 1.82) is 0 Å². The number of aromatic nitrogens is 2. The van der Waals surface area contributed by atoms with Gasteiger partial charge in [-0.15, -0.1) is 22.0 Å². The lowest BCUT2D eigenvalue weighted by Crippen LogP contribution is -2.33. The summed E-state index contributed by atoms with van der Waals surface area (Å²) >= 11 is 2.81. The first kappa shape index (κ1) is 19.8. The first-order valence-electron chi connectivity index (χ1n) is 9.18. The van der Waals surface area contributed by atoms with Crippen molar-refractivity contribution < 1.29 is 9.59 Å². The van der Waals surface area contributed by atoms with Crippen molar-refractivity contribution >= 4 is 40.6 Å². The molecule has 1 aliphatic heterocycles. The average molecular weight is 405 g/mol. The molecule has 1 N–H and O–H groups in total. The van der Waals surface area contributed by atoms with Gasteiger partial charge in [-0.3, -0.25) is 9.59 Å². The zero-order valence-corrected chi connectivity index (χ0v) is 17.1. The first-order chi connectivity index (χ1) is 13.1. The number of para-hydroxylation sites is 1. The number of thioether (sulfide) groups is 1. The number of hydrogen-bond acceptors (Lipinski definition) is 6. The monoisotopic (exact) mass is 404 g/mol. The van der Waals surface area contributed by atoms with Crippen molar-refractivity contribution in [2.24, 2.45) is 0 Å². The van der Waals surface area contributed by atoms with Gasteiger partial charge in [-0.2, -0.15) is 0 Å². The van der Waals surface area contributed by atoms with Gasteiger partial charge in [-0.1, -0.05) is 42.4 Å². The zero-order chi connectivity index (χ0) is 19.1. The van der Waals surface area contributed by atoms with Gasteiger partial charge in [-0.05, 0) is 31.4 Å². The zero-order valence-electron chi connectivity index (χ0n) is 15.4. The molecule has 1 aliphatic rings. The van der Waals surface area contributed by atoms with E-state index in [-0.39, 0.29) is 11.8 Å². The van der Waals surface area contributed by atoms with E-state index in [1.165, 1.54) is 35.9 Å². The minimum Gasteiger partial charge on any atom is -0.342 e. The second-order valence-corrected chi connectivity index (χ2v) is 8.61. The molecule has 144 valence electrons. The molecule has 6 nitrogen and oxygen atoms in total. The highest BCUT2D eigenvalue weighted by atomic mass is 32.2. The van der Waals surface area contributed by atoms with E-state index in [0.717, 1.165) is 42.2 Å². The number of nitrogens with one attached hydrogen (secondary N) is 1. The van der Waals surface area contributed by atoms with Crippen molar-refractivity contribution in [3.63, 3.8) is 0 Å². The maximum absolute atomic E-state index is 12.3. The normalized spacial score (nSPS) is 14.6. The van der Waals surface area contributed by atoms with Crippen LogP contribution in [0.3, 0.4) is 0 Å². The predicted octanol–water partition coefficient (Wildman–Crippen LogP) is 3.73. The van der Waals surface area contributed by atoms with Crippen LogP contribution in [0.4, 0.5) is 5.69 Å². The lowest BCUT2D eigenvalue weighted by atomic mass is 10.2. The molecule has 3 rings (SSSR count). The summed E-state index contributed by atoms with van der Waals surface area (Å²) in [5.41, 5.74) is 1.77. The third kappa shape index (κ3) is 5.77. The Morgan fingerprint density at radius 3 is 2.63 bits per heavy atom. The minimum absolute atomic E-state index is 0.198. The highest BCUT2D eigenvalue weighted by Gasteiger charge is 2.17. The van der Waals surface area contributed by atoms with Gasteiger partial charge in [0.1, 0.15) is 5.01 Å². The summed E-state index contributed by atoms with van der Waals surface area (Å²) in [6, 6.07) is 7.61. The number of rotatable bonds is 6. The number of benzene rings is 1. The number of aryl methyl sites for hydroxylation is 1. The predicted molar refractivity (Wildman–Crippen MR) is 110 cm³/mol. The number of amides is 2. The minimum atomic E-state index is -0.251. The van der Waals surface area contributed by atoms with E-state index in [9.17, 15) is 9.59 Å². The maximum atomic E-state index is 12.3. The molecule has 0 bridgehead atoms. The van der Waals surface area contributed by atoms with Gasteiger partial charge in [0, 0.05) is 24.5 Å². The second kappa shape index (κ2) is 9.85. The summed E-state index contributed by atoms with van der Waals surface area (Å²) < 4.78 is 0. The fourth-order valence-corrected chi connectivity index (χ4v) is 4.64. The summed E-state index contributed by atoms with van der Waals surface area (Å²) in [5.74, 6) is 0.988. The van der Waals surface area contributed by atoms with Gasteiger partial charge >= 0.3 is 0 Å². The fourth-order valence-electron chi connectivity index (χ4n) is 2.93. The summed E-state index contributed by atoms with van der Waals surface area (Å²) in [7, 11) is 0. The van der Waals surface area contributed by atoms with Crippen LogP contribution in [0, 0.1) is 6.92 Å². The third-order valence-electron chi connectivity index (χ3n) is 4.46. The van der Waals surface area contributed by atoms with Crippen LogP contribution < -0.4 is 5.32 Å². The Labute approximate surface area is 167 Å². The third-order valence-corrected chi connectivity index (χ3v) is 6.50. The average Bonchev–Trinajstić information content (AvgIpc) is 2.97. The standard InChI is InChI=1S/C19H24N4O2S2/c1-14-8-4-5-9-15(14)20-18(25)19-22-21-16(27-19)12-26-13-17(24)23-10-6-2-3-7-11-23/h4-5,8-9H,2-3,6-7,10-13H2,1H3,(H,20,25). The van der Waals surface area contributed by atoms with Crippen LogP contribution in [-0.4, -0.2) is 45.8 Å². The lowest BCUT2D eigenvalue weighted by Gasteiger charge is -2.19. The van der Waals surface area contributed by atoms with E-state index < -0.39 is 0 Å². The molecule has 1 aromatic carbocycles. The number of likely N-dealkylation sites (tertiary alicyclic amines) is 1. The quantitative estimate of drug-likeness (QED) is 0.794. The molecule has 0 radical (unpaired) electrons.